The summed E-state index contributed by atoms with van der Waals surface area (Å²) in [5.74, 6) is -0.847. The average Bonchev–Trinajstić information content (AvgIpc) is 3.04. The Bertz CT molecular complexity index is 724. The van der Waals surface area contributed by atoms with Crippen molar-refractivity contribution in [1.29, 1.82) is 0 Å². The lowest BCUT2D eigenvalue weighted by molar-refractivity contribution is -0.153. The number of hydrogen-bond donors (Lipinski definition) is 2. The monoisotopic (exact) mass is 390 g/mol. The maximum absolute atomic E-state index is 12.2. The molecule has 2 rings (SSSR count). The van der Waals surface area contributed by atoms with Gasteiger partial charge < -0.3 is 20.1 Å². The first-order chi connectivity index (χ1) is 13.1. The van der Waals surface area contributed by atoms with Crippen molar-refractivity contribution >= 4 is 23.7 Å². The summed E-state index contributed by atoms with van der Waals surface area (Å²) in [6.45, 7) is 7.16. The maximum atomic E-state index is 12.2. The number of aryl methyl sites for hydroxylation is 2. The molecule has 7 heteroatoms. The van der Waals surface area contributed by atoms with Gasteiger partial charge in [-0.25, -0.2) is 4.79 Å². The third-order valence-electron chi connectivity index (χ3n) is 4.27. The number of benzene rings is 1. The summed E-state index contributed by atoms with van der Waals surface area (Å²) in [5, 5.41) is 5.37. The minimum Gasteiger partial charge on any atom is -0.453 e. The summed E-state index contributed by atoms with van der Waals surface area (Å²) < 4.78 is 10.3. The van der Waals surface area contributed by atoms with Crippen molar-refractivity contribution in [1.82, 2.24) is 5.32 Å². The predicted molar refractivity (Wildman–Crippen MR) is 106 cm³/mol. The lowest BCUT2D eigenvalue weighted by Gasteiger charge is -2.19. The normalized spacial score (nSPS) is 14.0. The summed E-state index contributed by atoms with van der Waals surface area (Å²) in [7, 11) is 0. The highest BCUT2D eigenvalue weighted by molar-refractivity contribution is 5.95. The van der Waals surface area contributed by atoms with Gasteiger partial charge in [0.15, 0.2) is 6.10 Å². The molecule has 7 nitrogen and oxygen atoms in total. The van der Waals surface area contributed by atoms with Crippen molar-refractivity contribution in [2.24, 2.45) is 0 Å². The molecule has 0 heterocycles. The molecule has 2 amide bonds. The third-order valence-corrected chi connectivity index (χ3v) is 4.27. The Labute approximate surface area is 166 Å². The smallest absolute Gasteiger partial charge is 0.407 e. The Balaban J connectivity index is 1.67. The Morgan fingerprint density at radius 1 is 1.14 bits per heavy atom. The van der Waals surface area contributed by atoms with E-state index in [9.17, 15) is 14.4 Å². The van der Waals surface area contributed by atoms with E-state index in [2.05, 4.69) is 10.6 Å². The number of nitrogens with one attached hydrogen (secondary N) is 2. The van der Waals surface area contributed by atoms with Crippen LogP contribution in [-0.2, 0) is 31.9 Å². The number of carbonyl (C=O) groups is 3. The molecule has 1 aliphatic carbocycles. The molecular formula is C21H30N2O5. The van der Waals surface area contributed by atoms with Gasteiger partial charge in [0, 0.05) is 18.7 Å². The first kappa shape index (κ1) is 21.7. The molecule has 0 aromatic heterocycles. The second-order valence-corrected chi connectivity index (χ2v) is 7.99. The molecule has 0 aliphatic heterocycles. The highest BCUT2D eigenvalue weighted by Gasteiger charge is 2.19. The van der Waals surface area contributed by atoms with Crippen molar-refractivity contribution < 1.29 is 23.9 Å². The number of esters is 1. The number of alkyl carbamates (subject to hydrolysis) is 1. The fourth-order valence-corrected chi connectivity index (χ4v) is 2.94. The zero-order valence-corrected chi connectivity index (χ0v) is 17.1. The molecular weight excluding hydrogens is 360 g/mol. The molecule has 0 radical (unpaired) electrons. The van der Waals surface area contributed by atoms with Gasteiger partial charge in [-0.15, -0.1) is 0 Å². The van der Waals surface area contributed by atoms with Crippen LogP contribution < -0.4 is 10.6 Å². The van der Waals surface area contributed by atoms with E-state index in [0.29, 0.717) is 13.0 Å². The standard InChI is InChI=1S/C21H30N2O5/c1-14(19(25)23-17-11-10-15-7-5-8-16(15)13-17)27-18(24)9-6-12-22-20(26)28-21(2,3)4/h10-11,13-14H,5-9,12H2,1-4H3,(H,22,26)(H,23,25)/t14-/m0/s1. The van der Waals surface area contributed by atoms with Gasteiger partial charge in [-0.1, -0.05) is 6.07 Å². The van der Waals surface area contributed by atoms with Crippen LogP contribution in [0.15, 0.2) is 18.2 Å². The topological polar surface area (TPSA) is 93.7 Å². The third kappa shape index (κ3) is 7.21. The first-order valence-corrected chi connectivity index (χ1v) is 9.73. The number of carbonyl (C=O) groups excluding carboxylic acids is 3. The van der Waals surface area contributed by atoms with Gasteiger partial charge in [-0.2, -0.15) is 0 Å². The summed E-state index contributed by atoms with van der Waals surface area (Å²) >= 11 is 0. The van der Waals surface area contributed by atoms with Crippen LogP contribution in [0, 0.1) is 0 Å². The minimum absolute atomic E-state index is 0.103. The Morgan fingerprint density at radius 2 is 1.86 bits per heavy atom. The van der Waals surface area contributed by atoms with Crippen LogP contribution in [0.4, 0.5) is 10.5 Å². The van der Waals surface area contributed by atoms with E-state index in [1.54, 1.807) is 27.7 Å². The molecule has 0 spiro atoms. The van der Waals surface area contributed by atoms with Gasteiger partial charge in [0.05, 0.1) is 0 Å². The first-order valence-electron chi connectivity index (χ1n) is 9.73. The quantitative estimate of drug-likeness (QED) is 0.550. The summed E-state index contributed by atoms with van der Waals surface area (Å²) in [6.07, 6.45) is 2.34. The van der Waals surface area contributed by atoms with E-state index in [0.717, 1.165) is 24.9 Å². The van der Waals surface area contributed by atoms with Crippen LogP contribution in [0.5, 0.6) is 0 Å². The zero-order valence-electron chi connectivity index (χ0n) is 17.1. The molecule has 0 unspecified atom stereocenters. The van der Waals surface area contributed by atoms with Crippen LogP contribution in [0.25, 0.3) is 0 Å². The zero-order chi connectivity index (χ0) is 20.7. The Kier molecular flexibility index (Phi) is 7.43. The number of fused-ring (bicyclic) bond motifs is 1. The molecule has 1 aliphatic rings. The van der Waals surface area contributed by atoms with E-state index in [-0.39, 0.29) is 12.3 Å². The second kappa shape index (κ2) is 9.57. The Morgan fingerprint density at radius 3 is 2.57 bits per heavy atom. The van der Waals surface area contributed by atoms with Crippen LogP contribution in [-0.4, -0.2) is 36.2 Å². The Hall–Kier alpha value is -2.57. The summed E-state index contributed by atoms with van der Waals surface area (Å²) in [4.78, 5) is 35.6. The lowest BCUT2D eigenvalue weighted by Crippen LogP contribution is -2.33. The van der Waals surface area contributed by atoms with E-state index >= 15 is 0 Å². The number of amides is 2. The molecule has 0 fully saturated rings. The largest absolute Gasteiger partial charge is 0.453 e. The highest BCUT2D eigenvalue weighted by Crippen LogP contribution is 2.25. The van der Waals surface area contributed by atoms with Gasteiger partial charge in [0.1, 0.15) is 5.60 Å². The predicted octanol–water partition coefficient (Wildman–Crippen LogP) is 3.35. The maximum Gasteiger partial charge on any atom is 0.407 e. The van der Waals surface area contributed by atoms with Gasteiger partial charge in [-0.05, 0) is 76.6 Å². The van der Waals surface area contributed by atoms with Gasteiger partial charge >= 0.3 is 12.1 Å². The van der Waals surface area contributed by atoms with E-state index < -0.39 is 23.8 Å². The molecule has 28 heavy (non-hydrogen) atoms. The molecule has 0 saturated carbocycles. The molecule has 1 aromatic rings. The van der Waals surface area contributed by atoms with Crippen LogP contribution in [0.1, 0.15) is 58.1 Å². The molecule has 0 saturated heterocycles. The van der Waals surface area contributed by atoms with E-state index in [1.165, 1.54) is 11.1 Å². The van der Waals surface area contributed by atoms with Crippen molar-refractivity contribution in [3.63, 3.8) is 0 Å². The SMILES string of the molecule is C[C@H](OC(=O)CCCNC(=O)OC(C)(C)C)C(=O)Nc1ccc2c(c1)CCC2. The number of anilines is 1. The molecule has 0 bridgehead atoms. The van der Waals surface area contributed by atoms with E-state index in [1.807, 2.05) is 18.2 Å². The lowest BCUT2D eigenvalue weighted by atomic mass is 10.1. The van der Waals surface area contributed by atoms with Crippen molar-refractivity contribution in [2.75, 3.05) is 11.9 Å². The van der Waals surface area contributed by atoms with Gasteiger partial charge in [-0.3, -0.25) is 9.59 Å². The van der Waals surface area contributed by atoms with Crippen LogP contribution in [0.2, 0.25) is 0 Å². The van der Waals surface area contributed by atoms with Crippen molar-refractivity contribution in [3.8, 4) is 0 Å². The molecule has 1 aromatic carbocycles. The van der Waals surface area contributed by atoms with E-state index in [4.69, 9.17) is 9.47 Å². The number of rotatable bonds is 7. The van der Waals surface area contributed by atoms with Gasteiger partial charge in [0.25, 0.3) is 5.91 Å². The summed E-state index contributed by atoms with van der Waals surface area (Å²) in [5.41, 5.74) is 2.75. The number of ether oxygens (including phenoxy) is 2. The second-order valence-electron chi connectivity index (χ2n) is 7.99. The fourth-order valence-electron chi connectivity index (χ4n) is 2.94. The van der Waals surface area contributed by atoms with Crippen LogP contribution in [0.3, 0.4) is 0 Å². The molecule has 154 valence electrons. The molecule has 2 N–H and O–H groups in total. The average molecular weight is 390 g/mol. The number of hydrogen-bond acceptors (Lipinski definition) is 5. The minimum atomic E-state index is -0.889. The summed E-state index contributed by atoms with van der Waals surface area (Å²) in [6, 6.07) is 5.89. The van der Waals surface area contributed by atoms with Gasteiger partial charge in [0.2, 0.25) is 0 Å². The fraction of sp³-hybridized carbons (Fsp3) is 0.571. The van der Waals surface area contributed by atoms with Crippen molar-refractivity contribution in [2.45, 2.75) is 71.5 Å². The van der Waals surface area contributed by atoms with Crippen molar-refractivity contribution in [3.05, 3.63) is 29.3 Å². The van der Waals surface area contributed by atoms with Crippen LogP contribution >= 0.6 is 0 Å². The molecule has 1 atom stereocenters. The highest BCUT2D eigenvalue weighted by atomic mass is 16.6.